The molecule has 0 heterocycles. The third-order valence-electron chi connectivity index (χ3n) is 2.18. The summed E-state index contributed by atoms with van der Waals surface area (Å²) >= 11 is 0. The maximum Gasteiger partial charge on any atom is 0.307 e. The lowest BCUT2D eigenvalue weighted by Crippen LogP contribution is -2.34. The molecule has 0 spiro atoms. The Hall–Kier alpha value is -1.32. The number of amides is 1. The zero-order valence-electron chi connectivity index (χ0n) is 11.1. The maximum atomic E-state index is 11.8. The van der Waals surface area contributed by atoms with Gasteiger partial charge in [0, 0.05) is 19.5 Å². The Morgan fingerprint density at radius 2 is 2.06 bits per heavy atom. The van der Waals surface area contributed by atoms with E-state index in [1.165, 1.54) is 0 Å². The van der Waals surface area contributed by atoms with Crippen LogP contribution in [0.15, 0.2) is 12.7 Å². The van der Waals surface area contributed by atoms with E-state index in [0.717, 1.165) is 0 Å². The third kappa shape index (κ3) is 7.55. The molecule has 0 aliphatic carbocycles. The minimum absolute atomic E-state index is 0.0594. The van der Waals surface area contributed by atoms with Gasteiger partial charge in [-0.1, -0.05) is 19.9 Å². The maximum absolute atomic E-state index is 11.8. The average molecular weight is 241 g/mol. The van der Waals surface area contributed by atoms with E-state index in [4.69, 9.17) is 4.74 Å². The summed E-state index contributed by atoms with van der Waals surface area (Å²) in [4.78, 5) is 24.7. The van der Waals surface area contributed by atoms with Crippen molar-refractivity contribution in [1.82, 2.24) is 4.90 Å². The van der Waals surface area contributed by atoms with E-state index in [9.17, 15) is 9.59 Å². The number of carbonyl (C=O) groups is 2. The van der Waals surface area contributed by atoms with Crippen molar-refractivity contribution in [1.29, 1.82) is 0 Å². The van der Waals surface area contributed by atoms with E-state index in [2.05, 4.69) is 6.58 Å². The van der Waals surface area contributed by atoms with Crippen LogP contribution in [0.4, 0.5) is 0 Å². The minimum Gasteiger partial charge on any atom is -0.466 e. The SMILES string of the molecule is C=CCN(CCC(=O)OCC)C(=O)CC(C)C. The van der Waals surface area contributed by atoms with Crippen molar-refractivity contribution in [2.75, 3.05) is 19.7 Å². The summed E-state index contributed by atoms with van der Waals surface area (Å²) in [5.41, 5.74) is 0. The Labute approximate surface area is 104 Å². The molecule has 0 radical (unpaired) electrons. The second kappa shape index (κ2) is 8.79. The number of ether oxygens (including phenoxy) is 1. The first-order valence-corrected chi connectivity index (χ1v) is 6.05. The molecule has 98 valence electrons. The van der Waals surface area contributed by atoms with Crippen LogP contribution < -0.4 is 0 Å². The van der Waals surface area contributed by atoms with Crippen LogP contribution in [0.25, 0.3) is 0 Å². The first-order valence-electron chi connectivity index (χ1n) is 6.05. The molecular weight excluding hydrogens is 218 g/mol. The summed E-state index contributed by atoms with van der Waals surface area (Å²) in [5.74, 6) is 0.112. The number of esters is 1. The predicted molar refractivity (Wildman–Crippen MR) is 67.5 cm³/mol. The lowest BCUT2D eigenvalue weighted by atomic mass is 10.1. The van der Waals surface area contributed by atoms with E-state index in [1.54, 1.807) is 17.9 Å². The van der Waals surface area contributed by atoms with E-state index < -0.39 is 0 Å². The standard InChI is InChI=1S/C13H23NO3/c1-5-8-14(12(15)10-11(3)4)9-7-13(16)17-6-2/h5,11H,1,6-10H2,2-4H3. The molecule has 0 fully saturated rings. The molecule has 0 aromatic heterocycles. The van der Waals surface area contributed by atoms with Gasteiger partial charge in [0.05, 0.1) is 13.0 Å². The highest BCUT2D eigenvalue weighted by atomic mass is 16.5. The summed E-state index contributed by atoms with van der Waals surface area (Å²) in [6, 6.07) is 0. The van der Waals surface area contributed by atoms with Crippen molar-refractivity contribution in [2.45, 2.75) is 33.6 Å². The average Bonchev–Trinajstić information content (AvgIpc) is 2.23. The highest BCUT2D eigenvalue weighted by Crippen LogP contribution is 2.05. The summed E-state index contributed by atoms with van der Waals surface area (Å²) in [6.45, 7) is 10.6. The topological polar surface area (TPSA) is 46.6 Å². The van der Waals surface area contributed by atoms with Crippen LogP contribution in [-0.2, 0) is 14.3 Å². The fraction of sp³-hybridized carbons (Fsp3) is 0.692. The molecule has 0 aliphatic rings. The molecule has 4 nitrogen and oxygen atoms in total. The highest BCUT2D eigenvalue weighted by Gasteiger charge is 2.15. The Morgan fingerprint density at radius 1 is 1.41 bits per heavy atom. The van der Waals surface area contributed by atoms with Crippen LogP contribution >= 0.6 is 0 Å². The lowest BCUT2D eigenvalue weighted by molar-refractivity contribution is -0.144. The third-order valence-corrected chi connectivity index (χ3v) is 2.18. The van der Waals surface area contributed by atoms with Gasteiger partial charge in [-0.15, -0.1) is 6.58 Å². The van der Waals surface area contributed by atoms with E-state index in [-0.39, 0.29) is 18.3 Å². The molecule has 0 N–H and O–H groups in total. The Bertz CT molecular complexity index is 261. The van der Waals surface area contributed by atoms with Crippen molar-refractivity contribution >= 4 is 11.9 Å². The molecule has 0 saturated carbocycles. The van der Waals surface area contributed by atoms with Crippen molar-refractivity contribution in [2.24, 2.45) is 5.92 Å². The molecule has 1 amide bonds. The number of rotatable bonds is 8. The predicted octanol–water partition coefficient (Wildman–Crippen LogP) is 2.00. The smallest absolute Gasteiger partial charge is 0.307 e. The van der Waals surface area contributed by atoms with Gasteiger partial charge in [0.1, 0.15) is 0 Å². The molecule has 0 bridgehead atoms. The van der Waals surface area contributed by atoms with Crippen molar-refractivity contribution < 1.29 is 14.3 Å². The van der Waals surface area contributed by atoms with Gasteiger partial charge in [-0.3, -0.25) is 9.59 Å². The first-order chi connectivity index (χ1) is 8.01. The number of hydrogen-bond acceptors (Lipinski definition) is 3. The molecule has 0 aromatic rings. The highest BCUT2D eigenvalue weighted by molar-refractivity contribution is 5.77. The van der Waals surface area contributed by atoms with Crippen molar-refractivity contribution in [3.8, 4) is 0 Å². The van der Waals surface area contributed by atoms with Gasteiger partial charge in [-0.25, -0.2) is 0 Å². The summed E-state index contributed by atoms with van der Waals surface area (Å²) < 4.78 is 4.83. The van der Waals surface area contributed by atoms with Crippen molar-refractivity contribution in [3.05, 3.63) is 12.7 Å². The second-order valence-electron chi connectivity index (χ2n) is 4.28. The zero-order chi connectivity index (χ0) is 13.3. The second-order valence-corrected chi connectivity index (χ2v) is 4.28. The first kappa shape index (κ1) is 15.7. The van der Waals surface area contributed by atoms with Gasteiger partial charge in [0.25, 0.3) is 0 Å². The molecule has 0 atom stereocenters. The summed E-state index contributed by atoms with van der Waals surface area (Å²) in [7, 11) is 0. The molecule has 0 unspecified atom stereocenters. The summed E-state index contributed by atoms with van der Waals surface area (Å²) in [5, 5.41) is 0. The Balaban J connectivity index is 4.18. The van der Waals surface area contributed by atoms with Gasteiger partial charge in [-0.05, 0) is 12.8 Å². The zero-order valence-corrected chi connectivity index (χ0v) is 11.1. The summed E-state index contributed by atoms with van der Waals surface area (Å²) in [6.07, 6.45) is 2.41. The molecule has 0 saturated heterocycles. The fourth-order valence-electron chi connectivity index (χ4n) is 1.41. The van der Waals surface area contributed by atoms with Crippen LogP contribution in [0.1, 0.15) is 33.6 Å². The lowest BCUT2D eigenvalue weighted by Gasteiger charge is -2.21. The van der Waals surface area contributed by atoms with Crippen LogP contribution in [0.3, 0.4) is 0 Å². The van der Waals surface area contributed by atoms with E-state index in [0.29, 0.717) is 32.0 Å². The largest absolute Gasteiger partial charge is 0.466 e. The van der Waals surface area contributed by atoms with Crippen LogP contribution in [-0.4, -0.2) is 36.5 Å². The molecular formula is C13H23NO3. The van der Waals surface area contributed by atoms with E-state index >= 15 is 0 Å². The van der Waals surface area contributed by atoms with Gasteiger partial charge in [0.2, 0.25) is 5.91 Å². The van der Waals surface area contributed by atoms with Gasteiger partial charge in [-0.2, -0.15) is 0 Å². The number of carbonyl (C=O) groups excluding carboxylic acids is 2. The van der Waals surface area contributed by atoms with Gasteiger partial charge in [0.15, 0.2) is 0 Å². The number of nitrogens with zero attached hydrogens (tertiary/aromatic N) is 1. The molecule has 0 aromatic carbocycles. The molecule has 0 aliphatic heterocycles. The Morgan fingerprint density at radius 3 is 2.53 bits per heavy atom. The minimum atomic E-state index is -0.265. The van der Waals surface area contributed by atoms with Gasteiger partial charge < -0.3 is 9.64 Å². The fourth-order valence-corrected chi connectivity index (χ4v) is 1.41. The van der Waals surface area contributed by atoms with Gasteiger partial charge >= 0.3 is 5.97 Å². The monoisotopic (exact) mass is 241 g/mol. The van der Waals surface area contributed by atoms with Crippen molar-refractivity contribution in [3.63, 3.8) is 0 Å². The number of hydrogen-bond donors (Lipinski definition) is 0. The quantitative estimate of drug-likeness (QED) is 0.482. The molecule has 0 rings (SSSR count). The van der Waals surface area contributed by atoms with Crippen LogP contribution in [0.5, 0.6) is 0 Å². The molecule has 4 heteroatoms. The molecule has 17 heavy (non-hydrogen) atoms. The van der Waals surface area contributed by atoms with E-state index in [1.807, 2.05) is 13.8 Å². The van der Waals surface area contributed by atoms with Crippen LogP contribution in [0, 0.1) is 5.92 Å². The van der Waals surface area contributed by atoms with Crippen LogP contribution in [0.2, 0.25) is 0 Å². The normalized spacial score (nSPS) is 10.1. The Kier molecular flexibility index (Phi) is 8.11.